The predicted molar refractivity (Wildman–Crippen MR) is 61.0 cm³/mol. The van der Waals surface area contributed by atoms with Crippen LogP contribution in [0.5, 0.6) is 5.88 Å². The highest BCUT2D eigenvalue weighted by atomic mass is 16.5. The van der Waals surface area contributed by atoms with Gasteiger partial charge in [-0.3, -0.25) is 0 Å². The highest BCUT2D eigenvalue weighted by molar-refractivity contribution is 5.76. The van der Waals surface area contributed by atoms with E-state index in [-0.39, 0.29) is 11.4 Å². The number of fused-ring (bicyclic) bond motifs is 1. The van der Waals surface area contributed by atoms with Gasteiger partial charge in [0.2, 0.25) is 11.8 Å². The Labute approximate surface area is 93.3 Å². The molecule has 16 heavy (non-hydrogen) atoms. The van der Waals surface area contributed by atoms with E-state index in [9.17, 15) is 0 Å². The summed E-state index contributed by atoms with van der Waals surface area (Å²) in [6.07, 6.45) is 1.54. The number of H-pyrrole nitrogens is 1. The van der Waals surface area contributed by atoms with E-state index in [1.165, 1.54) is 0 Å². The molecule has 0 fully saturated rings. The number of nitrogens with two attached hydrogens (primary N) is 1. The molecule has 0 saturated heterocycles. The molecule has 0 aliphatic heterocycles. The summed E-state index contributed by atoms with van der Waals surface area (Å²) in [5.74, 6) is 0.624. The van der Waals surface area contributed by atoms with Gasteiger partial charge in [0.15, 0.2) is 5.65 Å². The molecule has 2 heterocycles. The minimum Gasteiger partial charge on any atom is -0.475 e. The van der Waals surface area contributed by atoms with Crippen LogP contribution in [0.1, 0.15) is 20.8 Å². The Morgan fingerprint density at radius 3 is 2.81 bits per heavy atom. The minimum atomic E-state index is 0.0616. The Kier molecular flexibility index (Phi) is 2.41. The van der Waals surface area contributed by atoms with Gasteiger partial charge >= 0.3 is 0 Å². The lowest BCUT2D eigenvalue weighted by Gasteiger charge is -2.18. The number of ether oxygens (including phenoxy) is 1. The van der Waals surface area contributed by atoms with Crippen molar-refractivity contribution in [2.24, 2.45) is 5.41 Å². The Hall–Kier alpha value is -1.85. The molecule has 0 unspecified atom stereocenters. The standard InChI is InChI=1S/C10H15N5O/c1-10(2,3)4-16-8-6-7(13-5-12-6)14-9(11)15-8/h5H,4H2,1-3H3,(H3,11,12,13,14,15). The second-order valence-electron chi connectivity index (χ2n) is 4.84. The van der Waals surface area contributed by atoms with Gasteiger partial charge in [-0.2, -0.15) is 9.97 Å². The summed E-state index contributed by atoms with van der Waals surface area (Å²) in [6, 6.07) is 0. The van der Waals surface area contributed by atoms with E-state index in [0.717, 1.165) is 0 Å². The Morgan fingerprint density at radius 1 is 1.38 bits per heavy atom. The second kappa shape index (κ2) is 3.62. The van der Waals surface area contributed by atoms with Crippen LogP contribution >= 0.6 is 0 Å². The normalized spacial score (nSPS) is 11.9. The SMILES string of the molecule is CC(C)(C)COc1nc(N)nc2nc[nH]c12. The van der Waals surface area contributed by atoms with Crippen molar-refractivity contribution in [1.29, 1.82) is 0 Å². The first kappa shape index (κ1) is 10.7. The molecular weight excluding hydrogens is 206 g/mol. The number of imidazole rings is 1. The van der Waals surface area contributed by atoms with Crippen molar-refractivity contribution in [2.45, 2.75) is 20.8 Å². The molecule has 0 aromatic carbocycles. The van der Waals surface area contributed by atoms with Gasteiger partial charge in [0, 0.05) is 0 Å². The quantitative estimate of drug-likeness (QED) is 0.799. The Bertz CT molecular complexity index is 499. The van der Waals surface area contributed by atoms with E-state index in [1.807, 2.05) is 0 Å². The molecule has 0 spiro atoms. The summed E-state index contributed by atoms with van der Waals surface area (Å²) in [5, 5.41) is 0. The number of anilines is 1. The number of aromatic amines is 1. The van der Waals surface area contributed by atoms with Crippen LogP contribution in [0.15, 0.2) is 6.33 Å². The monoisotopic (exact) mass is 221 g/mol. The van der Waals surface area contributed by atoms with Crippen LogP contribution in [0, 0.1) is 5.41 Å². The number of hydrogen-bond donors (Lipinski definition) is 2. The third-order valence-electron chi connectivity index (χ3n) is 1.91. The number of aromatic nitrogens is 4. The van der Waals surface area contributed by atoms with Crippen molar-refractivity contribution in [2.75, 3.05) is 12.3 Å². The molecule has 0 bridgehead atoms. The average Bonchev–Trinajstić information content (AvgIpc) is 2.60. The molecule has 3 N–H and O–H groups in total. The molecule has 2 aromatic rings. The third-order valence-corrected chi connectivity index (χ3v) is 1.91. The highest BCUT2D eigenvalue weighted by Crippen LogP contribution is 2.22. The fraction of sp³-hybridized carbons (Fsp3) is 0.500. The molecule has 86 valence electrons. The lowest BCUT2D eigenvalue weighted by atomic mass is 9.99. The van der Waals surface area contributed by atoms with Crippen molar-refractivity contribution < 1.29 is 4.74 Å². The van der Waals surface area contributed by atoms with Crippen LogP contribution in [-0.2, 0) is 0 Å². The molecule has 6 heteroatoms. The number of hydrogen-bond acceptors (Lipinski definition) is 5. The molecule has 0 radical (unpaired) electrons. The topological polar surface area (TPSA) is 89.7 Å². The smallest absolute Gasteiger partial charge is 0.245 e. The first-order valence-corrected chi connectivity index (χ1v) is 5.05. The molecular formula is C10H15N5O. The number of rotatable bonds is 2. The molecule has 2 rings (SSSR count). The Balaban J connectivity index is 2.32. The van der Waals surface area contributed by atoms with Gasteiger partial charge in [-0.15, -0.1) is 0 Å². The number of nitrogen functional groups attached to an aromatic ring is 1. The second-order valence-corrected chi connectivity index (χ2v) is 4.84. The van der Waals surface area contributed by atoms with Crippen LogP contribution in [0.3, 0.4) is 0 Å². The summed E-state index contributed by atoms with van der Waals surface area (Å²) >= 11 is 0. The zero-order valence-corrected chi connectivity index (χ0v) is 9.61. The lowest BCUT2D eigenvalue weighted by Crippen LogP contribution is -2.17. The van der Waals surface area contributed by atoms with Gasteiger partial charge in [0.1, 0.15) is 5.52 Å². The van der Waals surface area contributed by atoms with Crippen LogP contribution in [-0.4, -0.2) is 26.5 Å². The van der Waals surface area contributed by atoms with E-state index in [2.05, 4.69) is 40.7 Å². The van der Waals surface area contributed by atoms with Gasteiger partial charge in [-0.05, 0) is 5.41 Å². The molecule has 0 saturated carbocycles. The van der Waals surface area contributed by atoms with Crippen molar-refractivity contribution in [3.63, 3.8) is 0 Å². The zero-order valence-electron chi connectivity index (χ0n) is 9.61. The third kappa shape index (κ3) is 2.21. The average molecular weight is 221 g/mol. The maximum atomic E-state index is 5.62. The Morgan fingerprint density at radius 2 is 2.12 bits per heavy atom. The molecule has 2 aromatic heterocycles. The molecule has 0 amide bonds. The molecule has 0 aliphatic carbocycles. The number of nitrogens with zero attached hydrogens (tertiary/aromatic N) is 3. The summed E-state index contributed by atoms with van der Waals surface area (Å²) in [5.41, 5.74) is 6.83. The van der Waals surface area contributed by atoms with Crippen LogP contribution < -0.4 is 10.5 Å². The summed E-state index contributed by atoms with van der Waals surface area (Å²) in [7, 11) is 0. The van der Waals surface area contributed by atoms with Gasteiger partial charge in [-0.1, -0.05) is 20.8 Å². The van der Waals surface area contributed by atoms with Crippen LogP contribution in [0.25, 0.3) is 11.2 Å². The van der Waals surface area contributed by atoms with Crippen LogP contribution in [0.2, 0.25) is 0 Å². The largest absolute Gasteiger partial charge is 0.475 e. The van der Waals surface area contributed by atoms with Crippen molar-refractivity contribution in [3.8, 4) is 5.88 Å². The van der Waals surface area contributed by atoms with E-state index in [4.69, 9.17) is 10.5 Å². The van der Waals surface area contributed by atoms with Gasteiger partial charge < -0.3 is 15.5 Å². The highest BCUT2D eigenvalue weighted by Gasteiger charge is 2.15. The summed E-state index contributed by atoms with van der Waals surface area (Å²) < 4.78 is 5.62. The van der Waals surface area contributed by atoms with Crippen molar-refractivity contribution >= 4 is 17.1 Å². The minimum absolute atomic E-state index is 0.0616. The maximum absolute atomic E-state index is 5.62. The number of nitrogens with one attached hydrogen (secondary N) is 1. The fourth-order valence-electron chi connectivity index (χ4n) is 1.21. The van der Waals surface area contributed by atoms with E-state index >= 15 is 0 Å². The van der Waals surface area contributed by atoms with E-state index in [0.29, 0.717) is 23.7 Å². The van der Waals surface area contributed by atoms with E-state index < -0.39 is 0 Å². The van der Waals surface area contributed by atoms with Crippen molar-refractivity contribution in [3.05, 3.63) is 6.33 Å². The van der Waals surface area contributed by atoms with Gasteiger partial charge in [-0.25, -0.2) is 4.98 Å². The van der Waals surface area contributed by atoms with E-state index in [1.54, 1.807) is 6.33 Å². The van der Waals surface area contributed by atoms with Gasteiger partial charge in [0.25, 0.3) is 0 Å². The maximum Gasteiger partial charge on any atom is 0.245 e. The molecule has 0 aliphatic rings. The first-order valence-electron chi connectivity index (χ1n) is 5.05. The summed E-state index contributed by atoms with van der Waals surface area (Å²) in [6.45, 7) is 6.81. The summed E-state index contributed by atoms with van der Waals surface area (Å²) in [4.78, 5) is 15.0. The molecule has 0 atom stereocenters. The van der Waals surface area contributed by atoms with Crippen molar-refractivity contribution in [1.82, 2.24) is 19.9 Å². The van der Waals surface area contributed by atoms with Gasteiger partial charge in [0.05, 0.1) is 12.9 Å². The van der Waals surface area contributed by atoms with Crippen LogP contribution in [0.4, 0.5) is 5.95 Å². The molecule has 6 nitrogen and oxygen atoms in total. The lowest BCUT2D eigenvalue weighted by molar-refractivity contribution is 0.193. The fourth-order valence-corrected chi connectivity index (χ4v) is 1.21. The zero-order chi connectivity index (χ0) is 11.8. The first-order chi connectivity index (χ1) is 7.46. The predicted octanol–water partition coefficient (Wildman–Crippen LogP) is 1.36.